The van der Waals surface area contributed by atoms with Gasteiger partial charge in [-0.05, 0) is 30.3 Å². The molecule has 0 saturated carbocycles. The first-order valence-corrected chi connectivity index (χ1v) is 8.43. The third-order valence-electron chi connectivity index (χ3n) is 3.15. The summed E-state index contributed by atoms with van der Waals surface area (Å²) in [5.74, 6) is -0.307. The summed E-state index contributed by atoms with van der Waals surface area (Å²) in [6, 6.07) is 10.7. The van der Waals surface area contributed by atoms with Gasteiger partial charge in [0.05, 0.1) is 12.2 Å². The monoisotopic (exact) mass is 371 g/mol. The number of rotatable bonds is 2. The Morgan fingerprint density at radius 3 is 2.71 bits per heavy atom. The van der Waals surface area contributed by atoms with Crippen LogP contribution in [0.15, 0.2) is 51.8 Å². The maximum Gasteiger partial charge on any atom is 0.267 e. The van der Waals surface area contributed by atoms with Crippen molar-refractivity contribution in [3.63, 3.8) is 0 Å². The highest BCUT2D eigenvalue weighted by Gasteiger charge is 2.31. The maximum absolute atomic E-state index is 14.0. The molecule has 2 aromatic rings. The molecule has 0 spiro atoms. The number of fused-ring (bicyclic) bond motifs is 1. The molecule has 1 aliphatic heterocycles. The number of benzene rings is 2. The zero-order chi connectivity index (χ0) is 15.0. The molecule has 0 aliphatic carbocycles. The highest BCUT2D eigenvalue weighted by atomic mass is 79.9. The predicted molar refractivity (Wildman–Crippen MR) is 80.6 cm³/mol. The van der Waals surface area contributed by atoms with Crippen LogP contribution in [0.25, 0.3) is 0 Å². The van der Waals surface area contributed by atoms with Gasteiger partial charge >= 0.3 is 0 Å². The Balaban J connectivity index is 2.12. The third-order valence-corrected chi connectivity index (χ3v) is 5.49. The van der Waals surface area contributed by atoms with Crippen LogP contribution < -0.4 is 9.04 Å². The van der Waals surface area contributed by atoms with E-state index in [2.05, 4.69) is 15.9 Å². The minimum atomic E-state index is -3.97. The van der Waals surface area contributed by atoms with Gasteiger partial charge in [-0.2, -0.15) is 0 Å². The van der Waals surface area contributed by atoms with Gasteiger partial charge in [0, 0.05) is 4.47 Å². The second-order valence-corrected chi connectivity index (χ2v) is 7.21. The number of halogens is 2. The van der Waals surface area contributed by atoms with Gasteiger partial charge in [0.15, 0.2) is 0 Å². The van der Waals surface area contributed by atoms with E-state index >= 15 is 0 Å². The summed E-state index contributed by atoms with van der Waals surface area (Å²) in [6.07, 6.45) is 0. The molecule has 110 valence electrons. The fourth-order valence-electron chi connectivity index (χ4n) is 2.20. The van der Waals surface area contributed by atoms with Crippen molar-refractivity contribution in [2.75, 3.05) is 17.5 Å². The maximum atomic E-state index is 14.0. The molecule has 0 amide bonds. The van der Waals surface area contributed by atoms with E-state index in [0.29, 0.717) is 15.9 Å². The van der Waals surface area contributed by atoms with Crippen LogP contribution in [-0.2, 0) is 10.0 Å². The molecule has 0 aromatic heterocycles. The van der Waals surface area contributed by atoms with Crippen molar-refractivity contribution in [1.29, 1.82) is 0 Å². The number of hydrogen-bond donors (Lipinski definition) is 0. The Labute approximate surface area is 130 Å². The van der Waals surface area contributed by atoms with Crippen LogP contribution >= 0.6 is 15.9 Å². The summed E-state index contributed by atoms with van der Waals surface area (Å²) in [5, 5.41) is 0. The number of nitrogens with zero attached hydrogens (tertiary/aromatic N) is 1. The summed E-state index contributed by atoms with van der Waals surface area (Å²) in [5.41, 5.74) is 0.422. The number of anilines is 1. The molecule has 7 heteroatoms. The molecular formula is C14H11BrFNO3S. The SMILES string of the molecule is O=S(=O)(c1ccc(Br)cc1F)N1CCOc2ccccc21. The Kier molecular flexibility index (Phi) is 3.62. The molecule has 0 atom stereocenters. The first kappa shape index (κ1) is 14.3. The zero-order valence-electron chi connectivity index (χ0n) is 10.8. The lowest BCUT2D eigenvalue weighted by atomic mass is 10.2. The molecule has 0 unspecified atom stereocenters. The number of hydrogen-bond acceptors (Lipinski definition) is 3. The largest absolute Gasteiger partial charge is 0.489 e. The number of sulfonamides is 1. The third kappa shape index (κ3) is 2.51. The lowest BCUT2D eigenvalue weighted by molar-refractivity contribution is 0.315. The van der Waals surface area contributed by atoms with E-state index in [4.69, 9.17) is 4.74 Å². The summed E-state index contributed by atoms with van der Waals surface area (Å²) >= 11 is 3.12. The predicted octanol–water partition coefficient (Wildman–Crippen LogP) is 3.18. The molecule has 4 nitrogen and oxygen atoms in total. The van der Waals surface area contributed by atoms with Gasteiger partial charge in [-0.15, -0.1) is 0 Å². The Bertz CT molecular complexity index is 795. The minimum Gasteiger partial charge on any atom is -0.489 e. The average molecular weight is 372 g/mol. The van der Waals surface area contributed by atoms with Crippen molar-refractivity contribution < 1.29 is 17.5 Å². The average Bonchev–Trinajstić information content (AvgIpc) is 2.46. The van der Waals surface area contributed by atoms with Crippen molar-refractivity contribution in [1.82, 2.24) is 0 Å². The molecule has 1 heterocycles. The first-order chi connectivity index (χ1) is 10.00. The van der Waals surface area contributed by atoms with Crippen molar-refractivity contribution >= 4 is 31.6 Å². The summed E-state index contributed by atoms with van der Waals surface area (Å²) < 4.78 is 46.5. The molecule has 0 N–H and O–H groups in total. The summed E-state index contributed by atoms with van der Waals surface area (Å²) in [7, 11) is -3.97. The second-order valence-electron chi connectivity index (χ2n) is 4.47. The molecule has 1 aliphatic rings. The van der Waals surface area contributed by atoms with E-state index in [-0.39, 0.29) is 18.0 Å². The Hall–Kier alpha value is -1.60. The smallest absolute Gasteiger partial charge is 0.267 e. The van der Waals surface area contributed by atoms with Crippen LogP contribution in [0, 0.1) is 5.82 Å². The topological polar surface area (TPSA) is 46.6 Å². The van der Waals surface area contributed by atoms with E-state index in [9.17, 15) is 12.8 Å². The molecule has 0 fully saturated rings. The standard InChI is InChI=1S/C14H11BrFNO3S/c15-10-5-6-14(11(16)9-10)21(18,19)17-7-8-20-13-4-2-1-3-12(13)17/h1-6,9H,7-8H2. The first-order valence-electron chi connectivity index (χ1n) is 6.20. The van der Waals surface area contributed by atoms with E-state index in [1.165, 1.54) is 16.4 Å². The van der Waals surface area contributed by atoms with Crippen LogP contribution in [0.1, 0.15) is 0 Å². The van der Waals surface area contributed by atoms with Crippen molar-refractivity contribution in [3.05, 3.63) is 52.8 Å². The molecule has 0 saturated heterocycles. The van der Waals surface area contributed by atoms with Crippen molar-refractivity contribution in [2.45, 2.75) is 4.90 Å². The summed E-state index contributed by atoms with van der Waals surface area (Å²) in [4.78, 5) is -0.345. The van der Waals surface area contributed by atoms with Gasteiger partial charge in [0.1, 0.15) is 23.1 Å². The normalized spacial score (nSPS) is 14.5. The van der Waals surface area contributed by atoms with Gasteiger partial charge in [0.25, 0.3) is 10.0 Å². The summed E-state index contributed by atoms with van der Waals surface area (Å²) in [6.45, 7) is 0.378. The fraction of sp³-hybridized carbons (Fsp3) is 0.143. The number of ether oxygens (including phenoxy) is 1. The highest BCUT2D eigenvalue weighted by molar-refractivity contribution is 9.10. The van der Waals surface area contributed by atoms with Crippen LogP contribution in [0.5, 0.6) is 5.75 Å². The quantitative estimate of drug-likeness (QED) is 0.814. The van der Waals surface area contributed by atoms with Crippen LogP contribution in [0.3, 0.4) is 0 Å². The zero-order valence-corrected chi connectivity index (χ0v) is 13.2. The van der Waals surface area contributed by atoms with E-state index in [1.807, 2.05) is 0 Å². The van der Waals surface area contributed by atoms with Crippen LogP contribution in [0.2, 0.25) is 0 Å². The molecule has 0 bridgehead atoms. The van der Waals surface area contributed by atoms with Gasteiger partial charge in [-0.3, -0.25) is 4.31 Å². The van der Waals surface area contributed by atoms with Crippen LogP contribution in [-0.4, -0.2) is 21.6 Å². The van der Waals surface area contributed by atoms with Crippen LogP contribution in [0.4, 0.5) is 10.1 Å². The Morgan fingerprint density at radius 1 is 1.19 bits per heavy atom. The van der Waals surface area contributed by atoms with Gasteiger partial charge in [0.2, 0.25) is 0 Å². The number of para-hydroxylation sites is 2. The van der Waals surface area contributed by atoms with Crippen molar-refractivity contribution in [3.8, 4) is 5.75 Å². The lowest BCUT2D eigenvalue weighted by Crippen LogP contribution is -2.38. The highest BCUT2D eigenvalue weighted by Crippen LogP contribution is 2.35. The lowest BCUT2D eigenvalue weighted by Gasteiger charge is -2.30. The Morgan fingerprint density at radius 2 is 1.95 bits per heavy atom. The van der Waals surface area contributed by atoms with E-state index in [1.54, 1.807) is 24.3 Å². The molecule has 21 heavy (non-hydrogen) atoms. The molecule has 3 rings (SSSR count). The molecular weight excluding hydrogens is 361 g/mol. The fourth-order valence-corrected chi connectivity index (χ4v) is 4.04. The van der Waals surface area contributed by atoms with E-state index < -0.39 is 15.8 Å². The molecule has 2 aromatic carbocycles. The molecule has 0 radical (unpaired) electrons. The van der Waals surface area contributed by atoms with Gasteiger partial charge in [-0.25, -0.2) is 12.8 Å². The van der Waals surface area contributed by atoms with E-state index in [0.717, 1.165) is 6.07 Å². The van der Waals surface area contributed by atoms with Gasteiger partial charge < -0.3 is 4.74 Å². The van der Waals surface area contributed by atoms with Crippen molar-refractivity contribution in [2.24, 2.45) is 0 Å². The second kappa shape index (κ2) is 5.31. The minimum absolute atomic E-state index is 0.148. The van der Waals surface area contributed by atoms with Gasteiger partial charge in [-0.1, -0.05) is 28.1 Å².